The van der Waals surface area contributed by atoms with Crippen molar-refractivity contribution in [1.82, 2.24) is 25.4 Å². The minimum absolute atomic E-state index is 0.0702. The van der Waals surface area contributed by atoms with Gasteiger partial charge in [0.05, 0.1) is 35.0 Å². The summed E-state index contributed by atoms with van der Waals surface area (Å²) in [6.07, 6.45) is 2.76. The Morgan fingerprint density at radius 3 is 2.56 bits per heavy atom. The molecule has 1 fully saturated rings. The molecule has 0 aliphatic carbocycles. The van der Waals surface area contributed by atoms with Crippen molar-refractivity contribution in [3.63, 3.8) is 0 Å². The van der Waals surface area contributed by atoms with Crippen LogP contribution >= 0.6 is 11.3 Å². The van der Waals surface area contributed by atoms with Crippen LogP contribution in [0.2, 0.25) is 0 Å². The van der Waals surface area contributed by atoms with Crippen LogP contribution in [0.4, 0.5) is 17.5 Å². The summed E-state index contributed by atoms with van der Waals surface area (Å²) >= 11 is 1.64. The molecule has 1 aliphatic rings. The SMILES string of the molecule is C[C@@H](c1cc2nc(-c3ccc(N)cc3)nc(N3CCOCC3)c2s1)N(C)c1ncc(C(=O)NO)cn1. The van der Waals surface area contributed by atoms with Gasteiger partial charge < -0.3 is 20.3 Å². The minimum atomic E-state index is -0.659. The molecule has 1 aliphatic heterocycles. The van der Waals surface area contributed by atoms with Crippen LogP contribution in [0, 0.1) is 0 Å². The van der Waals surface area contributed by atoms with Crippen molar-refractivity contribution in [3.05, 3.63) is 53.2 Å². The summed E-state index contributed by atoms with van der Waals surface area (Å²) in [7, 11) is 1.89. The van der Waals surface area contributed by atoms with E-state index in [1.807, 2.05) is 36.2 Å². The summed E-state index contributed by atoms with van der Waals surface area (Å²) in [5.41, 5.74) is 10.1. The molecule has 0 radical (unpaired) electrons. The number of aromatic nitrogens is 4. The number of hydrogen-bond acceptors (Lipinski definition) is 11. The Morgan fingerprint density at radius 2 is 1.89 bits per heavy atom. The van der Waals surface area contributed by atoms with Crippen molar-refractivity contribution in [2.75, 3.05) is 48.9 Å². The zero-order valence-corrected chi connectivity index (χ0v) is 20.7. The molecule has 3 aromatic heterocycles. The molecule has 11 nitrogen and oxygen atoms in total. The van der Waals surface area contributed by atoms with Gasteiger partial charge in [-0.2, -0.15) is 0 Å². The van der Waals surface area contributed by atoms with Crippen molar-refractivity contribution in [2.24, 2.45) is 0 Å². The Labute approximate surface area is 211 Å². The number of rotatable bonds is 6. The molecular weight excluding hydrogens is 480 g/mol. The molecular formula is C24H26N8O3S. The van der Waals surface area contributed by atoms with E-state index in [2.05, 4.69) is 27.9 Å². The van der Waals surface area contributed by atoms with E-state index in [9.17, 15) is 4.79 Å². The number of nitrogens with zero attached hydrogens (tertiary/aromatic N) is 6. The second kappa shape index (κ2) is 10.0. The van der Waals surface area contributed by atoms with Gasteiger partial charge in [-0.05, 0) is 37.3 Å². The summed E-state index contributed by atoms with van der Waals surface area (Å²) in [6.45, 7) is 4.89. The van der Waals surface area contributed by atoms with Crippen LogP contribution in [0.1, 0.15) is 28.2 Å². The maximum absolute atomic E-state index is 11.6. The van der Waals surface area contributed by atoms with Crippen LogP contribution in [0.25, 0.3) is 21.6 Å². The fourth-order valence-electron chi connectivity index (χ4n) is 3.94. The quantitative estimate of drug-likeness (QED) is 0.203. The molecule has 12 heteroatoms. The number of anilines is 3. The van der Waals surface area contributed by atoms with Crippen LogP contribution < -0.4 is 21.0 Å². The van der Waals surface area contributed by atoms with Gasteiger partial charge in [0.2, 0.25) is 5.95 Å². The zero-order valence-electron chi connectivity index (χ0n) is 19.9. The highest BCUT2D eigenvalue weighted by atomic mass is 32.1. The second-order valence-electron chi connectivity index (χ2n) is 8.45. The van der Waals surface area contributed by atoms with Gasteiger partial charge in [0.15, 0.2) is 11.6 Å². The first-order valence-electron chi connectivity index (χ1n) is 11.4. The molecule has 1 saturated heterocycles. The Morgan fingerprint density at radius 1 is 1.19 bits per heavy atom. The van der Waals surface area contributed by atoms with Gasteiger partial charge in [-0.1, -0.05) is 0 Å². The number of benzene rings is 1. The Balaban J connectivity index is 1.52. The molecule has 36 heavy (non-hydrogen) atoms. The van der Waals surface area contributed by atoms with Gasteiger partial charge in [0.1, 0.15) is 0 Å². The predicted molar refractivity (Wildman–Crippen MR) is 138 cm³/mol. The second-order valence-corrected chi connectivity index (χ2v) is 9.54. The minimum Gasteiger partial charge on any atom is -0.399 e. The number of morpholine rings is 1. The number of ether oxygens (including phenoxy) is 1. The summed E-state index contributed by atoms with van der Waals surface area (Å²) < 4.78 is 6.58. The number of nitrogens with two attached hydrogens (primary N) is 1. The largest absolute Gasteiger partial charge is 0.399 e. The predicted octanol–water partition coefficient (Wildman–Crippen LogP) is 2.88. The molecule has 0 unspecified atom stereocenters. The molecule has 4 N–H and O–H groups in total. The first kappa shape index (κ1) is 23.9. The number of hydrogen-bond donors (Lipinski definition) is 3. The number of carbonyl (C=O) groups excluding carboxylic acids is 1. The summed E-state index contributed by atoms with van der Waals surface area (Å²) in [6, 6.07) is 9.58. The number of thiophene rings is 1. The third kappa shape index (κ3) is 4.65. The fraction of sp³-hybridized carbons (Fsp3) is 0.292. The van der Waals surface area contributed by atoms with E-state index < -0.39 is 5.91 Å². The number of fused-ring (bicyclic) bond motifs is 1. The summed E-state index contributed by atoms with van der Waals surface area (Å²) in [5, 5.41) is 8.80. The van der Waals surface area contributed by atoms with E-state index in [1.54, 1.807) is 16.8 Å². The summed E-state index contributed by atoms with van der Waals surface area (Å²) in [4.78, 5) is 35.3. The Kier molecular flexibility index (Phi) is 6.63. The molecule has 0 bridgehead atoms. The number of amides is 1. The first-order valence-corrected chi connectivity index (χ1v) is 12.3. The maximum atomic E-state index is 11.6. The fourth-order valence-corrected chi connectivity index (χ4v) is 5.15. The highest BCUT2D eigenvalue weighted by Gasteiger charge is 2.23. The third-order valence-corrected chi connectivity index (χ3v) is 7.45. The monoisotopic (exact) mass is 506 g/mol. The number of hydroxylamine groups is 1. The lowest BCUT2D eigenvalue weighted by atomic mass is 10.2. The van der Waals surface area contributed by atoms with Crippen LogP contribution in [0.5, 0.6) is 0 Å². The van der Waals surface area contributed by atoms with E-state index in [0.29, 0.717) is 30.7 Å². The number of nitrogens with one attached hydrogen (secondary N) is 1. The smallest absolute Gasteiger partial charge is 0.277 e. The Bertz CT molecular complexity index is 1370. The molecule has 1 aromatic carbocycles. The van der Waals surface area contributed by atoms with Gasteiger partial charge in [-0.3, -0.25) is 10.0 Å². The number of carbonyl (C=O) groups is 1. The lowest BCUT2D eigenvalue weighted by Crippen LogP contribution is -2.36. The van der Waals surface area contributed by atoms with Crippen molar-refractivity contribution in [2.45, 2.75) is 13.0 Å². The highest BCUT2D eigenvalue weighted by molar-refractivity contribution is 7.19. The van der Waals surface area contributed by atoms with E-state index in [4.69, 9.17) is 25.6 Å². The molecule has 4 aromatic rings. The van der Waals surface area contributed by atoms with Crippen molar-refractivity contribution in [3.8, 4) is 11.4 Å². The van der Waals surface area contributed by atoms with Gasteiger partial charge in [0.25, 0.3) is 5.91 Å². The Hall–Kier alpha value is -3.87. The lowest BCUT2D eigenvalue weighted by Gasteiger charge is -2.28. The van der Waals surface area contributed by atoms with Crippen LogP contribution in [0.15, 0.2) is 42.7 Å². The molecule has 1 amide bonds. The zero-order chi connectivity index (χ0) is 25.2. The topological polar surface area (TPSA) is 143 Å². The van der Waals surface area contributed by atoms with Gasteiger partial charge >= 0.3 is 0 Å². The average Bonchev–Trinajstić information content (AvgIpc) is 3.36. The van der Waals surface area contributed by atoms with Gasteiger partial charge in [-0.15, -0.1) is 11.3 Å². The normalized spacial score (nSPS) is 14.6. The van der Waals surface area contributed by atoms with Crippen LogP contribution in [-0.4, -0.2) is 64.4 Å². The molecule has 1 atom stereocenters. The lowest BCUT2D eigenvalue weighted by molar-refractivity contribution is 0.0705. The first-order chi connectivity index (χ1) is 17.4. The van der Waals surface area contributed by atoms with E-state index >= 15 is 0 Å². The molecule has 4 heterocycles. The average molecular weight is 507 g/mol. The van der Waals surface area contributed by atoms with Crippen molar-refractivity contribution in [1.29, 1.82) is 0 Å². The van der Waals surface area contributed by atoms with Crippen LogP contribution in [-0.2, 0) is 4.74 Å². The molecule has 5 rings (SSSR count). The molecule has 0 saturated carbocycles. The van der Waals surface area contributed by atoms with Gasteiger partial charge in [0, 0.05) is 48.7 Å². The van der Waals surface area contributed by atoms with Gasteiger partial charge in [-0.25, -0.2) is 25.4 Å². The van der Waals surface area contributed by atoms with Crippen LogP contribution in [0.3, 0.4) is 0 Å². The maximum Gasteiger partial charge on any atom is 0.277 e. The molecule has 186 valence electrons. The van der Waals surface area contributed by atoms with Crippen molar-refractivity contribution < 1.29 is 14.7 Å². The van der Waals surface area contributed by atoms with E-state index in [-0.39, 0.29) is 11.6 Å². The number of nitrogen functional groups attached to an aromatic ring is 1. The summed E-state index contributed by atoms with van der Waals surface area (Å²) in [5.74, 6) is 1.34. The molecule has 0 spiro atoms. The highest BCUT2D eigenvalue weighted by Crippen LogP contribution is 2.38. The van der Waals surface area contributed by atoms with Crippen molar-refractivity contribution >= 4 is 44.9 Å². The van der Waals surface area contributed by atoms with E-state index in [1.165, 1.54) is 12.4 Å². The van der Waals surface area contributed by atoms with E-state index in [0.717, 1.165) is 39.6 Å². The standard InChI is InChI=1S/C24H26N8O3S/c1-14(31(2)24-26-12-16(13-27-24)23(33)30-34)19-11-18-20(36-19)22(32-7-9-35-10-8-32)29-21(28-18)15-3-5-17(25)6-4-15/h3-6,11-14,34H,7-10,25H2,1-2H3,(H,30,33)/t14-/m0/s1. The third-order valence-electron chi connectivity index (χ3n) is 6.16.